The molecule has 1 rings (SSSR count). The highest BCUT2D eigenvalue weighted by atomic mass is 79.9. The van der Waals surface area contributed by atoms with E-state index in [1.807, 2.05) is 20.0 Å². The van der Waals surface area contributed by atoms with Gasteiger partial charge in [0.2, 0.25) is 0 Å². The quantitative estimate of drug-likeness (QED) is 0.919. The van der Waals surface area contributed by atoms with Crippen molar-refractivity contribution in [2.75, 3.05) is 12.8 Å². The van der Waals surface area contributed by atoms with Crippen LogP contribution in [0.5, 0.6) is 0 Å². The molecule has 2 N–H and O–H groups in total. The van der Waals surface area contributed by atoms with Crippen LogP contribution in [0.3, 0.4) is 0 Å². The van der Waals surface area contributed by atoms with Crippen molar-refractivity contribution in [1.82, 2.24) is 9.88 Å². The molecule has 0 aliphatic heterocycles. The lowest BCUT2D eigenvalue weighted by atomic mass is 10.2. The van der Waals surface area contributed by atoms with Crippen LogP contribution >= 0.6 is 15.9 Å². The van der Waals surface area contributed by atoms with Crippen LogP contribution in [0, 0.1) is 11.3 Å². The highest BCUT2D eigenvalue weighted by Crippen LogP contribution is 2.18. The summed E-state index contributed by atoms with van der Waals surface area (Å²) in [7, 11) is 1.97. The van der Waals surface area contributed by atoms with Crippen molar-refractivity contribution >= 4 is 21.7 Å². The minimum Gasteiger partial charge on any atom is -0.383 e. The summed E-state index contributed by atoms with van der Waals surface area (Å²) < 4.78 is 0.915. The summed E-state index contributed by atoms with van der Waals surface area (Å²) in [6.07, 6.45) is 2.19. The van der Waals surface area contributed by atoms with Crippen LogP contribution in [0.1, 0.15) is 18.9 Å². The maximum Gasteiger partial charge on any atom is 0.127 e. The Labute approximate surface area is 104 Å². The molecule has 86 valence electrons. The third-order valence-corrected chi connectivity index (χ3v) is 2.96. The SMILES string of the molecule is CC(CC#N)N(C)Cc1cc(Br)cnc1N. The molecule has 1 heterocycles. The van der Waals surface area contributed by atoms with Crippen LogP contribution in [0.4, 0.5) is 5.82 Å². The average Bonchev–Trinajstić information content (AvgIpc) is 2.23. The minimum absolute atomic E-state index is 0.211. The summed E-state index contributed by atoms with van der Waals surface area (Å²) in [6.45, 7) is 2.71. The average molecular weight is 283 g/mol. The Hall–Kier alpha value is -1.12. The molecular weight excluding hydrogens is 268 g/mol. The Balaban J connectivity index is 2.73. The highest BCUT2D eigenvalue weighted by Gasteiger charge is 2.11. The topological polar surface area (TPSA) is 65.9 Å². The van der Waals surface area contributed by atoms with Crippen LogP contribution in [-0.4, -0.2) is 23.0 Å². The normalized spacial score (nSPS) is 12.4. The maximum absolute atomic E-state index is 8.63. The monoisotopic (exact) mass is 282 g/mol. The molecule has 1 atom stereocenters. The summed E-state index contributed by atoms with van der Waals surface area (Å²) >= 11 is 3.37. The number of anilines is 1. The second-order valence-electron chi connectivity index (χ2n) is 3.82. The molecule has 1 unspecified atom stereocenters. The number of nitrogen functional groups attached to an aromatic ring is 1. The Morgan fingerprint density at radius 1 is 1.69 bits per heavy atom. The second-order valence-corrected chi connectivity index (χ2v) is 4.74. The summed E-state index contributed by atoms with van der Waals surface area (Å²) in [6, 6.07) is 4.33. The van der Waals surface area contributed by atoms with Gasteiger partial charge in [-0.15, -0.1) is 0 Å². The lowest BCUT2D eigenvalue weighted by molar-refractivity contribution is 0.252. The van der Waals surface area contributed by atoms with E-state index in [1.165, 1.54) is 0 Å². The Morgan fingerprint density at radius 3 is 3.00 bits per heavy atom. The van der Waals surface area contributed by atoms with Crippen LogP contribution in [0.2, 0.25) is 0 Å². The van der Waals surface area contributed by atoms with Gasteiger partial charge in [0.15, 0.2) is 0 Å². The van der Waals surface area contributed by atoms with Crippen LogP contribution in [-0.2, 0) is 6.54 Å². The van der Waals surface area contributed by atoms with Gasteiger partial charge in [-0.05, 0) is 36.0 Å². The van der Waals surface area contributed by atoms with Gasteiger partial charge in [-0.3, -0.25) is 4.90 Å². The van der Waals surface area contributed by atoms with E-state index in [1.54, 1.807) is 6.20 Å². The summed E-state index contributed by atoms with van der Waals surface area (Å²) in [5.41, 5.74) is 6.76. The number of nitrogens with two attached hydrogens (primary N) is 1. The number of halogens is 1. The van der Waals surface area contributed by atoms with Gasteiger partial charge in [0.25, 0.3) is 0 Å². The van der Waals surface area contributed by atoms with Crippen molar-refractivity contribution in [3.63, 3.8) is 0 Å². The zero-order valence-corrected chi connectivity index (χ0v) is 11.0. The molecule has 0 amide bonds. The first kappa shape index (κ1) is 12.9. The van der Waals surface area contributed by atoms with E-state index in [-0.39, 0.29) is 6.04 Å². The van der Waals surface area contributed by atoms with Gasteiger partial charge in [0.05, 0.1) is 12.5 Å². The van der Waals surface area contributed by atoms with E-state index in [0.29, 0.717) is 18.8 Å². The third-order valence-electron chi connectivity index (χ3n) is 2.53. The number of pyridine rings is 1. The number of hydrogen-bond acceptors (Lipinski definition) is 4. The van der Waals surface area contributed by atoms with E-state index >= 15 is 0 Å². The molecule has 16 heavy (non-hydrogen) atoms. The molecule has 0 radical (unpaired) electrons. The first-order valence-corrected chi connectivity index (χ1v) is 5.81. The lowest BCUT2D eigenvalue weighted by Crippen LogP contribution is -2.28. The fourth-order valence-corrected chi connectivity index (χ4v) is 1.71. The van der Waals surface area contributed by atoms with Crippen LogP contribution in [0.25, 0.3) is 0 Å². The zero-order valence-electron chi connectivity index (χ0n) is 9.44. The summed E-state index contributed by atoms with van der Waals surface area (Å²) in [4.78, 5) is 6.16. The molecule has 0 bridgehead atoms. The molecule has 5 heteroatoms. The van der Waals surface area contributed by atoms with Crippen molar-refractivity contribution in [1.29, 1.82) is 5.26 Å². The number of rotatable bonds is 4. The van der Waals surface area contributed by atoms with Gasteiger partial charge in [0, 0.05) is 28.8 Å². The predicted molar refractivity (Wildman–Crippen MR) is 67.5 cm³/mol. The Kier molecular flexibility index (Phi) is 4.71. The fourth-order valence-electron chi connectivity index (χ4n) is 1.33. The van der Waals surface area contributed by atoms with E-state index < -0.39 is 0 Å². The molecule has 0 aliphatic rings. The molecule has 0 aromatic carbocycles. The molecule has 1 aromatic rings. The first-order valence-electron chi connectivity index (χ1n) is 5.01. The van der Waals surface area contributed by atoms with Crippen LogP contribution < -0.4 is 5.73 Å². The van der Waals surface area contributed by atoms with Crippen molar-refractivity contribution in [3.05, 3.63) is 22.3 Å². The highest BCUT2D eigenvalue weighted by molar-refractivity contribution is 9.10. The molecule has 0 fully saturated rings. The van der Waals surface area contributed by atoms with Crippen LogP contribution in [0.15, 0.2) is 16.7 Å². The lowest BCUT2D eigenvalue weighted by Gasteiger charge is -2.23. The molecule has 0 saturated heterocycles. The molecular formula is C11H15BrN4. The van der Waals surface area contributed by atoms with Gasteiger partial charge in [-0.2, -0.15) is 5.26 Å². The maximum atomic E-state index is 8.63. The minimum atomic E-state index is 0.211. The van der Waals surface area contributed by atoms with Crippen molar-refractivity contribution < 1.29 is 0 Å². The second kappa shape index (κ2) is 5.83. The Morgan fingerprint density at radius 2 is 2.38 bits per heavy atom. The number of nitrogens with zero attached hydrogens (tertiary/aromatic N) is 3. The van der Waals surface area contributed by atoms with Gasteiger partial charge in [-0.1, -0.05) is 0 Å². The zero-order chi connectivity index (χ0) is 12.1. The molecule has 1 aromatic heterocycles. The smallest absolute Gasteiger partial charge is 0.127 e. The molecule has 4 nitrogen and oxygen atoms in total. The number of aromatic nitrogens is 1. The molecule has 0 spiro atoms. The number of hydrogen-bond donors (Lipinski definition) is 1. The van der Waals surface area contributed by atoms with E-state index in [9.17, 15) is 0 Å². The van der Waals surface area contributed by atoms with Crippen molar-refractivity contribution in [2.45, 2.75) is 25.9 Å². The fraction of sp³-hybridized carbons (Fsp3) is 0.455. The van der Waals surface area contributed by atoms with Gasteiger partial charge in [-0.25, -0.2) is 4.98 Å². The largest absolute Gasteiger partial charge is 0.383 e. The van der Waals surface area contributed by atoms with E-state index in [2.05, 4.69) is 31.9 Å². The summed E-state index contributed by atoms with van der Waals surface area (Å²) in [5.74, 6) is 0.541. The van der Waals surface area contributed by atoms with Gasteiger partial charge >= 0.3 is 0 Å². The Bertz CT molecular complexity index is 399. The van der Waals surface area contributed by atoms with Gasteiger partial charge in [0.1, 0.15) is 5.82 Å². The first-order chi connectivity index (χ1) is 7.54. The molecule has 0 saturated carbocycles. The molecule has 0 aliphatic carbocycles. The number of nitriles is 1. The summed E-state index contributed by atoms with van der Waals surface area (Å²) in [5, 5.41) is 8.63. The van der Waals surface area contributed by atoms with E-state index in [0.717, 1.165) is 10.0 Å². The van der Waals surface area contributed by atoms with Gasteiger partial charge < -0.3 is 5.73 Å². The van der Waals surface area contributed by atoms with Crippen molar-refractivity contribution in [2.24, 2.45) is 0 Å². The van der Waals surface area contributed by atoms with Crippen molar-refractivity contribution in [3.8, 4) is 6.07 Å². The third kappa shape index (κ3) is 3.47. The predicted octanol–water partition coefficient (Wildman–Crippen LogP) is 2.16. The standard InChI is InChI=1S/C11H15BrN4/c1-8(3-4-13)16(2)7-9-5-10(12)6-15-11(9)14/h5-6,8H,3,7H2,1-2H3,(H2,14,15). The van der Waals surface area contributed by atoms with E-state index in [4.69, 9.17) is 11.0 Å².